The molecule has 0 aromatic heterocycles. The lowest BCUT2D eigenvalue weighted by Gasteiger charge is -2.09. The van der Waals surface area contributed by atoms with Crippen LogP contribution in [0, 0.1) is 11.3 Å². The summed E-state index contributed by atoms with van der Waals surface area (Å²) in [5.74, 6) is 0.788. The van der Waals surface area contributed by atoms with E-state index < -0.39 is 5.91 Å². The summed E-state index contributed by atoms with van der Waals surface area (Å²) in [6, 6.07) is 14.2. The SMILES string of the molecule is COc1ccc(CNC(=O)/C(C#N)=C\Nc2cc(Cl)ccc2OC)cc1. The Labute approximate surface area is 157 Å². The van der Waals surface area contributed by atoms with Gasteiger partial charge in [-0.3, -0.25) is 4.79 Å². The first-order valence-electron chi connectivity index (χ1n) is 7.69. The zero-order valence-corrected chi connectivity index (χ0v) is 15.1. The molecule has 0 atom stereocenters. The maximum atomic E-state index is 12.2. The number of hydrogen-bond acceptors (Lipinski definition) is 5. The largest absolute Gasteiger partial charge is 0.497 e. The van der Waals surface area contributed by atoms with Crippen LogP contribution in [0.4, 0.5) is 5.69 Å². The Balaban J connectivity index is 2.02. The van der Waals surface area contributed by atoms with Crippen LogP contribution in [0.15, 0.2) is 54.2 Å². The Hall–Kier alpha value is -3.17. The van der Waals surface area contributed by atoms with Crippen LogP contribution in [0.2, 0.25) is 5.02 Å². The van der Waals surface area contributed by atoms with Crippen molar-refractivity contribution >= 4 is 23.2 Å². The lowest BCUT2D eigenvalue weighted by molar-refractivity contribution is -0.117. The highest BCUT2D eigenvalue weighted by Crippen LogP contribution is 2.27. The van der Waals surface area contributed by atoms with Gasteiger partial charge in [-0.2, -0.15) is 5.26 Å². The van der Waals surface area contributed by atoms with E-state index in [-0.39, 0.29) is 5.57 Å². The third kappa shape index (κ3) is 5.16. The molecule has 2 rings (SSSR count). The van der Waals surface area contributed by atoms with Crippen molar-refractivity contribution in [2.24, 2.45) is 0 Å². The van der Waals surface area contributed by atoms with E-state index in [1.807, 2.05) is 18.2 Å². The number of hydrogen-bond donors (Lipinski definition) is 2. The van der Waals surface area contributed by atoms with E-state index in [4.69, 9.17) is 21.1 Å². The van der Waals surface area contributed by atoms with Gasteiger partial charge in [0.2, 0.25) is 0 Å². The topological polar surface area (TPSA) is 83.4 Å². The molecule has 0 aliphatic heterocycles. The number of amides is 1. The molecule has 1 amide bonds. The predicted molar refractivity (Wildman–Crippen MR) is 100 cm³/mol. The summed E-state index contributed by atoms with van der Waals surface area (Å²) in [6.45, 7) is 0.294. The van der Waals surface area contributed by atoms with E-state index >= 15 is 0 Å². The Morgan fingerprint density at radius 3 is 2.54 bits per heavy atom. The van der Waals surface area contributed by atoms with Gasteiger partial charge < -0.3 is 20.1 Å². The van der Waals surface area contributed by atoms with Gasteiger partial charge in [0.25, 0.3) is 5.91 Å². The molecular weight excluding hydrogens is 354 g/mol. The van der Waals surface area contributed by atoms with Crippen molar-refractivity contribution in [2.45, 2.75) is 6.54 Å². The molecule has 0 aliphatic carbocycles. The molecule has 2 N–H and O–H groups in total. The fourth-order valence-electron chi connectivity index (χ4n) is 2.11. The van der Waals surface area contributed by atoms with Gasteiger partial charge >= 0.3 is 0 Å². The van der Waals surface area contributed by atoms with Crippen LogP contribution in [0.3, 0.4) is 0 Å². The number of rotatable bonds is 7. The van der Waals surface area contributed by atoms with E-state index in [0.717, 1.165) is 11.3 Å². The number of nitrogens with one attached hydrogen (secondary N) is 2. The second kappa shape index (κ2) is 9.35. The minimum atomic E-state index is -0.489. The van der Waals surface area contributed by atoms with E-state index in [9.17, 15) is 10.1 Å². The third-order valence-electron chi connectivity index (χ3n) is 3.51. The van der Waals surface area contributed by atoms with Crippen LogP contribution < -0.4 is 20.1 Å². The minimum Gasteiger partial charge on any atom is -0.497 e. The maximum absolute atomic E-state index is 12.2. The number of benzene rings is 2. The number of carbonyl (C=O) groups excluding carboxylic acids is 1. The molecule has 26 heavy (non-hydrogen) atoms. The lowest BCUT2D eigenvalue weighted by atomic mass is 10.2. The van der Waals surface area contributed by atoms with Gasteiger partial charge in [0, 0.05) is 17.8 Å². The van der Waals surface area contributed by atoms with Crippen molar-refractivity contribution in [3.63, 3.8) is 0 Å². The average Bonchev–Trinajstić information content (AvgIpc) is 2.67. The van der Waals surface area contributed by atoms with E-state index in [2.05, 4.69) is 10.6 Å². The predicted octanol–water partition coefficient (Wildman–Crippen LogP) is 3.49. The summed E-state index contributed by atoms with van der Waals surface area (Å²) in [5, 5.41) is 15.3. The Morgan fingerprint density at radius 2 is 1.92 bits per heavy atom. The van der Waals surface area contributed by atoms with Crippen molar-refractivity contribution in [2.75, 3.05) is 19.5 Å². The molecule has 0 fully saturated rings. The number of nitriles is 1. The van der Waals surface area contributed by atoms with Crippen molar-refractivity contribution in [1.29, 1.82) is 5.26 Å². The quantitative estimate of drug-likeness (QED) is 0.575. The highest BCUT2D eigenvalue weighted by atomic mass is 35.5. The number of halogens is 1. The molecular formula is C19H18ClN3O3. The fourth-order valence-corrected chi connectivity index (χ4v) is 2.28. The first kappa shape index (κ1) is 19.2. The number of anilines is 1. The van der Waals surface area contributed by atoms with Gasteiger partial charge in [0.15, 0.2) is 0 Å². The van der Waals surface area contributed by atoms with Gasteiger partial charge in [-0.15, -0.1) is 0 Å². The molecule has 134 valence electrons. The summed E-state index contributed by atoms with van der Waals surface area (Å²) >= 11 is 5.96. The highest BCUT2D eigenvalue weighted by molar-refractivity contribution is 6.30. The number of carbonyl (C=O) groups is 1. The first-order chi connectivity index (χ1) is 12.6. The fraction of sp³-hybridized carbons (Fsp3) is 0.158. The molecule has 0 saturated carbocycles. The molecule has 0 aliphatic rings. The van der Waals surface area contributed by atoms with E-state index in [1.165, 1.54) is 13.3 Å². The third-order valence-corrected chi connectivity index (χ3v) is 3.75. The Bertz CT molecular complexity index is 842. The van der Waals surface area contributed by atoms with E-state index in [0.29, 0.717) is 23.0 Å². The normalized spacial score (nSPS) is 10.6. The average molecular weight is 372 g/mol. The molecule has 0 heterocycles. The molecule has 6 nitrogen and oxygen atoms in total. The molecule has 7 heteroatoms. The molecule has 0 radical (unpaired) electrons. The van der Waals surface area contributed by atoms with Crippen LogP contribution in [0.5, 0.6) is 11.5 Å². The zero-order valence-electron chi connectivity index (χ0n) is 14.4. The first-order valence-corrected chi connectivity index (χ1v) is 8.06. The number of nitrogens with zero attached hydrogens (tertiary/aromatic N) is 1. The van der Waals surface area contributed by atoms with Crippen LogP contribution in [-0.4, -0.2) is 20.1 Å². The van der Waals surface area contributed by atoms with Gasteiger partial charge in [0.1, 0.15) is 23.1 Å². The standard InChI is InChI=1S/C19H18ClN3O3/c1-25-16-6-3-13(4-7-16)11-23-19(24)14(10-21)12-22-17-9-15(20)5-8-18(17)26-2/h3-9,12,22H,11H2,1-2H3,(H,23,24)/b14-12-. The van der Waals surface area contributed by atoms with E-state index in [1.54, 1.807) is 37.4 Å². The monoisotopic (exact) mass is 371 g/mol. The van der Waals surface area contributed by atoms with Gasteiger partial charge in [-0.25, -0.2) is 0 Å². The Morgan fingerprint density at radius 1 is 1.19 bits per heavy atom. The maximum Gasteiger partial charge on any atom is 0.263 e. The van der Waals surface area contributed by atoms with Gasteiger partial charge in [-0.05, 0) is 35.9 Å². The van der Waals surface area contributed by atoms with Crippen molar-refractivity contribution in [1.82, 2.24) is 5.32 Å². The second-order valence-electron chi connectivity index (χ2n) is 5.19. The van der Waals surface area contributed by atoms with Crippen LogP contribution in [0.1, 0.15) is 5.56 Å². The molecule has 0 unspecified atom stereocenters. The summed E-state index contributed by atoms with van der Waals surface area (Å²) in [4.78, 5) is 12.2. The molecule has 2 aromatic rings. The molecule has 0 spiro atoms. The number of ether oxygens (including phenoxy) is 2. The lowest BCUT2D eigenvalue weighted by Crippen LogP contribution is -2.24. The number of methoxy groups -OCH3 is 2. The minimum absolute atomic E-state index is 0.0689. The van der Waals surface area contributed by atoms with Crippen molar-refractivity contribution in [3.05, 3.63) is 64.8 Å². The second-order valence-corrected chi connectivity index (χ2v) is 5.63. The van der Waals surface area contributed by atoms with Crippen LogP contribution in [0.25, 0.3) is 0 Å². The smallest absolute Gasteiger partial charge is 0.263 e. The zero-order chi connectivity index (χ0) is 18.9. The summed E-state index contributed by atoms with van der Waals surface area (Å²) in [6.07, 6.45) is 1.32. The summed E-state index contributed by atoms with van der Waals surface area (Å²) in [5.41, 5.74) is 1.37. The van der Waals surface area contributed by atoms with Crippen LogP contribution in [-0.2, 0) is 11.3 Å². The molecule has 2 aromatic carbocycles. The van der Waals surface area contributed by atoms with Crippen molar-refractivity contribution in [3.8, 4) is 17.6 Å². The van der Waals surface area contributed by atoms with Gasteiger partial charge in [0.05, 0.1) is 19.9 Å². The highest BCUT2D eigenvalue weighted by Gasteiger charge is 2.10. The summed E-state index contributed by atoms with van der Waals surface area (Å²) < 4.78 is 10.3. The molecule has 0 bridgehead atoms. The van der Waals surface area contributed by atoms with Gasteiger partial charge in [-0.1, -0.05) is 23.7 Å². The summed E-state index contributed by atoms with van der Waals surface area (Å²) in [7, 11) is 3.10. The van der Waals surface area contributed by atoms with Crippen molar-refractivity contribution < 1.29 is 14.3 Å². The van der Waals surface area contributed by atoms with Crippen LogP contribution >= 0.6 is 11.6 Å². The molecule has 0 saturated heterocycles. The Kier molecular flexibility index (Phi) is 6.89.